The maximum absolute atomic E-state index is 11.1. The van der Waals surface area contributed by atoms with Crippen molar-refractivity contribution in [3.05, 3.63) is 0 Å². The van der Waals surface area contributed by atoms with Crippen molar-refractivity contribution in [3.8, 4) is 6.07 Å². The number of hydrogen-bond acceptors (Lipinski definition) is 4. The van der Waals surface area contributed by atoms with Crippen LogP contribution in [0.4, 0.5) is 0 Å². The molecule has 0 amide bonds. The first-order valence-electron chi connectivity index (χ1n) is 4.41. The summed E-state index contributed by atoms with van der Waals surface area (Å²) in [5, 5.41) is 11.4. The average molecular weight is 184 g/mol. The summed E-state index contributed by atoms with van der Waals surface area (Å²) in [5.41, 5.74) is 0. The van der Waals surface area contributed by atoms with Gasteiger partial charge in [0.15, 0.2) is 0 Å². The van der Waals surface area contributed by atoms with Crippen LogP contribution < -0.4 is 5.32 Å². The highest BCUT2D eigenvalue weighted by molar-refractivity contribution is 5.75. The summed E-state index contributed by atoms with van der Waals surface area (Å²) in [5.74, 6) is -0.271. The Kier molecular flexibility index (Phi) is 5.90. The van der Waals surface area contributed by atoms with Crippen LogP contribution in [0, 0.1) is 11.3 Å². The van der Waals surface area contributed by atoms with Crippen LogP contribution in [0.1, 0.15) is 27.2 Å². The zero-order valence-electron chi connectivity index (χ0n) is 8.33. The molecule has 13 heavy (non-hydrogen) atoms. The summed E-state index contributed by atoms with van der Waals surface area (Å²) in [7, 11) is 0. The Balaban J connectivity index is 3.79. The van der Waals surface area contributed by atoms with Crippen LogP contribution in [0.2, 0.25) is 0 Å². The van der Waals surface area contributed by atoms with E-state index in [-0.39, 0.29) is 18.1 Å². The van der Waals surface area contributed by atoms with Gasteiger partial charge in [-0.2, -0.15) is 5.26 Å². The van der Waals surface area contributed by atoms with Gasteiger partial charge in [-0.1, -0.05) is 0 Å². The molecule has 1 N–H and O–H groups in total. The third-order valence-electron chi connectivity index (χ3n) is 1.57. The summed E-state index contributed by atoms with van der Waals surface area (Å²) in [6.07, 6.45) is 0.393. The fraction of sp³-hybridized carbons (Fsp3) is 0.778. The average Bonchev–Trinajstić information content (AvgIpc) is 2.05. The van der Waals surface area contributed by atoms with E-state index in [9.17, 15) is 4.79 Å². The molecule has 0 aromatic carbocycles. The molecule has 2 unspecified atom stereocenters. The lowest BCUT2D eigenvalue weighted by Gasteiger charge is -2.16. The van der Waals surface area contributed by atoms with Crippen LogP contribution in [0.25, 0.3) is 0 Å². The van der Waals surface area contributed by atoms with Gasteiger partial charge in [0.2, 0.25) is 0 Å². The molecule has 0 saturated carbocycles. The Bertz CT molecular complexity index is 198. The second-order valence-corrected chi connectivity index (χ2v) is 2.90. The van der Waals surface area contributed by atoms with E-state index >= 15 is 0 Å². The topological polar surface area (TPSA) is 62.1 Å². The largest absolute Gasteiger partial charge is 0.465 e. The number of nitriles is 1. The minimum absolute atomic E-state index is 0.0180. The fourth-order valence-corrected chi connectivity index (χ4v) is 0.958. The Morgan fingerprint density at radius 1 is 1.62 bits per heavy atom. The number of rotatable bonds is 5. The van der Waals surface area contributed by atoms with Gasteiger partial charge >= 0.3 is 5.97 Å². The molecule has 0 aliphatic rings. The Morgan fingerprint density at radius 2 is 2.23 bits per heavy atom. The SMILES string of the molecule is CCOC(=O)C(C)NC(C)CC#N. The minimum Gasteiger partial charge on any atom is -0.465 e. The number of esters is 1. The quantitative estimate of drug-likeness (QED) is 0.643. The Labute approximate surface area is 78.9 Å². The van der Waals surface area contributed by atoms with E-state index < -0.39 is 0 Å². The van der Waals surface area contributed by atoms with Crippen molar-refractivity contribution in [2.75, 3.05) is 6.61 Å². The zero-order valence-corrected chi connectivity index (χ0v) is 8.33. The molecule has 4 nitrogen and oxygen atoms in total. The molecular formula is C9H16N2O2. The lowest BCUT2D eigenvalue weighted by atomic mass is 10.2. The fourth-order valence-electron chi connectivity index (χ4n) is 0.958. The summed E-state index contributed by atoms with van der Waals surface area (Å²) >= 11 is 0. The smallest absolute Gasteiger partial charge is 0.322 e. The van der Waals surface area contributed by atoms with Gasteiger partial charge < -0.3 is 10.1 Å². The van der Waals surface area contributed by atoms with Crippen LogP contribution in [0.5, 0.6) is 0 Å². The molecule has 0 aromatic rings. The van der Waals surface area contributed by atoms with Crippen LogP contribution in [-0.4, -0.2) is 24.7 Å². The van der Waals surface area contributed by atoms with Crippen LogP contribution in [0.3, 0.4) is 0 Å². The van der Waals surface area contributed by atoms with Gasteiger partial charge in [0.05, 0.1) is 19.1 Å². The van der Waals surface area contributed by atoms with Crippen molar-refractivity contribution >= 4 is 5.97 Å². The Morgan fingerprint density at radius 3 is 2.69 bits per heavy atom. The first kappa shape index (κ1) is 11.9. The van der Waals surface area contributed by atoms with E-state index in [0.717, 1.165) is 0 Å². The molecule has 0 aromatic heterocycles. The second kappa shape index (κ2) is 6.44. The maximum atomic E-state index is 11.1. The van der Waals surface area contributed by atoms with Crippen LogP contribution >= 0.6 is 0 Å². The molecule has 0 aliphatic heterocycles. The van der Waals surface area contributed by atoms with Crippen molar-refractivity contribution < 1.29 is 9.53 Å². The summed E-state index contributed by atoms with van der Waals surface area (Å²) in [6.45, 7) is 5.74. The van der Waals surface area contributed by atoms with Crippen molar-refractivity contribution in [1.82, 2.24) is 5.32 Å². The van der Waals surface area contributed by atoms with Crippen molar-refractivity contribution in [2.24, 2.45) is 0 Å². The predicted octanol–water partition coefficient (Wildman–Crippen LogP) is 0.830. The van der Waals surface area contributed by atoms with Crippen molar-refractivity contribution in [1.29, 1.82) is 5.26 Å². The van der Waals surface area contributed by atoms with E-state index in [1.54, 1.807) is 13.8 Å². The van der Waals surface area contributed by atoms with E-state index in [1.165, 1.54) is 0 Å². The minimum atomic E-state index is -0.344. The van der Waals surface area contributed by atoms with E-state index in [2.05, 4.69) is 5.32 Å². The third-order valence-corrected chi connectivity index (χ3v) is 1.57. The number of carbonyl (C=O) groups is 1. The summed E-state index contributed by atoms with van der Waals surface area (Å²) in [4.78, 5) is 11.1. The number of carbonyl (C=O) groups excluding carboxylic acids is 1. The van der Waals surface area contributed by atoms with Gasteiger partial charge in [0.1, 0.15) is 6.04 Å². The highest BCUT2D eigenvalue weighted by Gasteiger charge is 2.15. The lowest BCUT2D eigenvalue weighted by molar-refractivity contribution is -0.145. The molecule has 0 radical (unpaired) electrons. The number of nitrogens with zero attached hydrogens (tertiary/aromatic N) is 1. The van der Waals surface area contributed by atoms with Crippen molar-refractivity contribution in [3.63, 3.8) is 0 Å². The van der Waals surface area contributed by atoms with E-state index in [1.807, 2.05) is 13.0 Å². The first-order valence-corrected chi connectivity index (χ1v) is 4.41. The summed E-state index contributed by atoms with van der Waals surface area (Å²) < 4.78 is 4.80. The van der Waals surface area contributed by atoms with Gasteiger partial charge in [-0.25, -0.2) is 0 Å². The molecule has 0 aliphatic carbocycles. The van der Waals surface area contributed by atoms with Gasteiger partial charge in [-0.05, 0) is 20.8 Å². The second-order valence-electron chi connectivity index (χ2n) is 2.90. The highest BCUT2D eigenvalue weighted by Crippen LogP contribution is 1.94. The number of hydrogen-bond donors (Lipinski definition) is 1. The van der Waals surface area contributed by atoms with E-state index in [4.69, 9.17) is 10.00 Å². The number of nitrogens with one attached hydrogen (secondary N) is 1. The Hall–Kier alpha value is -1.08. The van der Waals surface area contributed by atoms with Gasteiger partial charge in [0, 0.05) is 6.04 Å². The standard InChI is InChI=1S/C9H16N2O2/c1-4-13-9(12)8(3)11-7(2)5-6-10/h7-8,11H,4-5H2,1-3H3. The number of ether oxygens (including phenoxy) is 1. The summed E-state index contributed by atoms with van der Waals surface area (Å²) in [6, 6.07) is 1.70. The van der Waals surface area contributed by atoms with Gasteiger partial charge in [-0.15, -0.1) is 0 Å². The first-order chi connectivity index (χ1) is 6.11. The molecule has 0 bridgehead atoms. The van der Waals surface area contributed by atoms with Crippen LogP contribution in [-0.2, 0) is 9.53 Å². The molecule has 0 fully saturated rings. The molecule has 2 atom stereocenters. The molecule has 0 heterocycles. The lowest BCUT2D eigenvalue weighted by Crippen LogP contribution is -2.40. The monoisotopic (exact) mass is 184 g/mol. The zero-order chi connectivity index (χ0) is 10.3. The van der Waals surface area contributed by atoms with Crippen LogP contribution in [0.15, 0.2) is 0 Å². The maximum Gasteiger partial charge on any atom is 0.322 e. The molecular weight excluding hydrogens is 168 g/mol. The molecule has 0 spiro atoms. The van der Waals surface area contributed by atoms with Gasteiger partial charge in [-0.3, -0.25) is 4.79 Å². The third kappa shape index (κ3) is 5.21. The molecule has 0 rings (SSSR count). The molecule has 0 saturated heterocycles. The normalized spacial score (nSPS) is 14.3. The molecule has 4 heteroatoms. The highest BCUT2D eigenvalue weighted by atomic mass is 16.5. The van der Waals surface area contributed by atoms with Crippen molar-refractivity contribution in [2.45, 2.75) is 39.3 Å². The van der Waals surface area contributed by atoms with Gasteiger partial charge in [0.25, 0.3) is 0 Å². The molecule has 74 valence electrons. The predicted molar refractivity (Wildman–Crippen MR) is 48.9 cm³/mol. The van der Waals surface area contributed by atoms with E-state index in [0.29, 0.717) is 13.0 Å².